The van der Waals surface area contributed by atoms with Crippen LogP contribution in [0.4, 0.5) is 8.92 Å². The molecule has 0 atom stereocenters. The minimum atomic E-state index is -1.48. The average molecular weight is 164 g/mol. The Morgan fingerprint density at radius 1 is 1.64 bits per heavy atom. The fraction of sp³-hybridized carbons (Fsp3) is 0.500. The smallest absolute Gasteiger partial charge is 0.399 e. The summed E-state index contributed by atoms with van der Waals surface area (Å²) in [6, 6.07) is 0. The molecule has 0 unspecified atom stereocenters. The molecule has 0 amide bonds. The van der Waals surface area contributed by atoms with Gasteiger partial charge in [0.1, 0.15) is 13.8 Å². The molecule has 0 N–H and O–H groups in total. The van der Waals surface area contributed by atoms with Gasteiger partial charge in [-0.1, -0.05) is 5.16 Å². The molecule has 0 aliphatic heterocycles. The Morgan fingerprint density at radius 3 is 2.45 bits per heavy atom. The van der Waals surface area contributed by atoms with Crippen LogP contribution in [-0.2, 0) is 14.6 Å². The Balaban J connectivity index is 0. The van der Waals surface area contributed by atoms with E-state index in [9.17, 15) is 13.7 Å². The van der Waals surface area contributed by atoms with Gasteiger partial charge < -0.3 is 4.84 Å². The van der Waals surface area contributed by atoms with Crippen molar-refractivity contribution in [1.82, 2.24) is 0 Å². The molecule has 0 aromatic heterocycles. The van der Waals surface area contributed by atoms with E-state index in [0.717, 1.165) is 7.11 Å². The molecule has 11 heavy (non-hydrogen) atoms. The van der Waals surface area contributed by atoms with Gasteiger partial charge in [0, 0.05) is 12.9 Å². The summed E-state index contributed by atoms with van der Waals surface area (Å²) in [5, 5.41) is 2.84. The lowest BCUT2D eigenvalue weighted by molar-refractivity contribution is -0.174. The number of hydrogen-bond donors (Lipinski definition) is 0. The van der Waals surface area contributed by atoms with E-state index in [1.807, 2.05) is 0 Å². The van der Waals surface area contributed by atoms with Gasteiger partial charge >= 0.3 is 5.97 Å². The van der Waals surface area contributed by atoms with Gasteiger partial charge in [-0.3, -0.25) is 0 Å². The molecule has 0 saturated carbocycles. The molecular formula is C4H5BF2NO3. The summed E-state index contributed by atoms with van der Waals surface area (Å²) < 4.78 is 22.6. The predicted molar refractivity (Wildman–Crippen MR) is 33.4 cm³/mol. The number of nitrogens with zero attached hydrogens (tertiary/aromatic N) is 1. The van der Waals surface area contributed by atoms with Crippen molar-refractivity contribution in [3.63, 3.8) is 0 Å². The van der Waals surface area contributed by atoms with Crippen LogP contribution in [0, 0.1) is 0 Å². The van der Waals surface area contributed by atoms with Gasteiger partial charge in [-0.05, 0) is 0 Å². The number of carbonyl (C=O) groups excluding carboxylic acids is 1. The summed E-state index contributed by atoms with van der Waals surface area (Å²) in [6.45, 7) is -1.23. The second kappa shape index (κ2) is 6.98. The number of hydrogen-bond acceptors (Lipinski definition) is 4. The summed E-state index contributed by atoms with van der Waals surface area (Å²) in [5.41, 5.74) is -0.745. The molecule has 0 rings (SSSR count). The minimum absolute atomic E-state index is 0. The second-order valence-corrected chi connectivity index (χ2v) is 1.22. The fourth-order valence-corrected chi connectivity index (χ4v) is 0.271. The highest BCUT2D eigenvalue weighted by Crippen LogP contribution is 1.87. The summed E-state index contributed by atoms with van der Waals surface area (Å²) in [7, 11) is 1.10. The van der Waals surface area contributed by atoms with Crippen molar-refractivity contribution in [3.8, 4) is 0 Å². The number of carbonyl (C=O) groups is 1. The van der Waals surface area contributed by atoms with Gasteiger partial charge in [-0.15, -0.1) is 0 Å². The zero-order valence-corrected chi connectivity index (χ0v) is 5.71. The molecule has 0 bridgehead atoms. The van der Waals surface area contributed by atoms with Crippen LogP contribution in [0.15, 0.2) is 5.16 Å². The van der Waals surface area contributed by atoms with Crippen LogP contribution in [0.5, 0.6) is 0 Å². The van der Waals surface area contributed by atoms with Crippen molar-refractivity contribution in [2.45, 2.75) is 0 Å². The molecular weight excluding hydrogens is 159 g/mol. The van der Waals surface area contributed by atoms with Gasteiger partial charge in [0.15, 0.2) is 5.71 Å². The summed E-state index contributed by atoms with van der Waals surface area (Å²) >= 11 is 0. The van der Waals surface area contributed by atoms with E-state index in [1.54, 1.807) is 0 Å². The maximum atomic E-state index is 11.6. The van der Waals surface area contributed by atoms with Crippen LogP contribution in [0.2, 0.25) is 0 Å². The first kappa shape index (κ1) is 12.5. The van der Waals surface area contributed by atoms with Crippen molar-refractivity contribution in [3.05, 3.63) is 0 Å². The molecule has 0 aromatic rings. The molecule has 3 radical (unpaired) electrons. The first-order valence-corrected chi connectivity index (χ1v) is 2.25. The molecule has 61 valence electrons. The number of rotatable bonds is 3. The molecule has 0 saturated heterocycles. The Kier molecular flexibility index (Phi) is 7.95. The monoisotopic (exact) mass is 164 g/mol. The maximum absolute atomic E-state index is 11.6. The highest BCUT2D eigenvalue weighted by molar-refractivity contribution is 6.36. The summed E-state index contributed by atoms with van der Waals surface area (Å²) in [6.07, 6.45) is 0. The van der Waals surface area contributed by atoms with Crippen LogP contribution >= 0.6 is 0 Å². The predicted octanol–water partition coefficient (Wildman–Crippen LogP) is 0.00520. The zero-order valence-electron chi connectivity index (χ0n) is 5.71. The van der Waals surface area contributed by atoms with Gasteiger partial charge in [0.2, 0.25) is 0 Å². The van der Waals surface area contributed by atoms with Gasteiger partial charge in [-0.2, -0.15) is 0 Å². The van der Waals surface area contributed by atoms with Gasteiger partial charge in [0.05, 0.1) is 0 Å². The summed E-state index contributed by atoms with van der Waals surface area (Å²) in [4.78, 5) is 16.7. The number of halogens is 2. The molecule has 4 nitrogen and oxygen atoms in total. The van der Waals surface area contributed by atoms with Crippen molar-refractivity contribution in [1.29, 1.82) is 0 Å². The average Bonchev–Trinajstić information content (AvgIpc) is 1.99. The Labute approximate surface area is 63.6 Å². The standard InChI is InChI=1S/C4H5F2NO3.B/c1-9-7-3(2-5)4(8)10-6;/h2H2,1H3;. The van der Waals surface area contributed by atoms with Crippen LogP contribution in [0.25, 0.3) is 0 Å². The molecule has 7 heteroatoms. The molecule has 0 aliphatic rings. The fourth-order valence-electron chi connectivity index (χ4n) is 0.271. The van der Waals surface area contributed by atoms with E-state index in [-0.39, 0.29) is 8.41 Å². The molecule has 0 aromatic carbocycles. The minimum Gasteiger partial charge on any atom is -0.399 e. The topological polar surface area (TPSA) is 47.9 Å². The molecule has 0 spiro atoms. The van der Waals surface area contributed by atoms with E-state index in [0.29, 0.717) is 0 Å². The second-order valence-electron chi connectivity index (χ2n) is 1.22. The third-order valence-corrected chi connectivity index (χ3v) is 0.634. The van der Waals surface area contributed by atoms with E-state index in [4.69, 9.17) is 0 Å². The van der Waals surface area contributed by atoms with E-state index in [1.165, 1.54) is 0 Å². The van der Waals surface area contributed by atoms with Crippen molar-refractivity contribution in [2.75, 3.05) is 13.8 Å². The van der Waals surface area contributed by atoms with E-state index >= 15 is 0 Å². The summed E-state index contributed by atoms with van der Waals surface area (Å²) in [5.74, 6) is -1.48. The highest BCUT2D eigenvalue weighted by atomic mass is 19.3. The molecule has 0 heterocycles. The molecule has 0 aliphatic carbocycles. The first-order valence-electron chi connectivity index (χ1n) is 2.25. The lowest BCUT2D eigenvalue weighted by Gasteiger charge is -1.92. The van der Waals surface area contributed by atoms with Crippen molar-refractivity contribution in [2.24, 2.45) is 5.16 Å². The van der Waals surface area contributed by atoms with Crippen molar-refractivity contribution < 1.29 is 23.5 Å². The number of alkyl halides is 1. The third-order valence-electron chi connectivity index (χ3n) is 0.634. The van der Waals surface area contributed by atoms with Crippen LogP contribution in [0.1, 0.15) is 0 Å². The lowest BCUT2D eigenvalue weighted by atomic mass is 10.4. The van der Waals surface area contributed by atoms with Crippen LogP contribution in [0.3, 0.4) is 0 Å². The van der Waals surface area contributed by atoms with Gasteiger partial charge in [-0.25, -0.2) is 14.1 Å². The first-order chi connectivity index (χ1) is 4.76. The normalized spacial score (nSPS) is 9.91. The third kappa shape index (κ3) is 4.29. The lowest BCUT2D eigenvalue weighted by Crippen LogP contribution is -2.16. The Hall–Kier alpha value is -1.14. The Morgan fingerprint density at radius 2 is 2.18 bits per heavy atom. The van der Waals surface area contributed by atoms with Crippen LogP contribution in [-0.4, -0.2) is 33.9 Å². The van der Waals surface area contributed by atoms with E-state index in [2.05, 4.69) is 14.9 Å². The Bertz CT molecular complexity index is 152. The zero-order chi connectivity index (χ0) is 7.98. The van der Waals surface area contributed by atoms with E-state index < -0.39 is 18.4 Å². The molecule has 0 fully saturated rings. The number of oxime groups is 1. The highest BCUT2D eigenvalue weighted by Gasteiger charge is 2.13. The SMILES string of the molecule is CON=C(CF)C(=O)OF.[B]. The van der Waals surface area contributed by atoms with Crippen LogP contribution < -0.4 is 0 Å². The van der Waals surface area contributed by atoms with Gasteiger partial charge in [0.25, 0.3) is 0 Å². The quantitative estimate of drug-likeness (QED) is 0.335. The largest absolute Gasteiger partial charge is 0.399 e. The maximum Gasteiger partial charge on any atom is 0.399 e. The van der Waals surface area contributed by atoms with Crippen molar-refractivity contribution >= 4 is 20.1 Å².